The van der Waals surface area contributed by atoms with Crippen LogP contribution < -0.4 is 0 Å². The number of aromatic nitrogens is 2. The molecule has 3 nitrogen and oxygen atoms in total. The van der Waals surface area contributed by atoms with E-state index in [0.29, 0.717) is 6.10 Å². The molecule has 0 amide bonds. The molecule has 1 aromatic heterocycles. The van der Waals surface area contributed by atoms with Gasteiger partial charge in [-0.25, -0.2) is 4.98 Å². The minimum atomic E-state index is 0.334. The Morgan fingerprint density at radius 2 is 1.95 bits per heavy atom. The van der Waals surface area contributed by atoms with Crippen LogP contribution in [0.3, 0.4) is 0 Å². The molecule has 0 N–H and O–H groups in total. The van der Waals surface area contributed by atoms with E-state index in [-0.39, 0.29) is 0 Å². The standard InChI is InChI=1S/C19H20N2O/c1-14-4-6-15(7-5-14)16-8-9-18-19(11-16)21(13-20-18)12-17-3-2-10-22-17/h4-9,11,13,17H,2-3,10,12H2,1H3. The van der Waals surface area contributed by atoms with Gasteiger partial charge < -0.3 is 9.30 Å². The molecule has 2 heterocycles. The smallest absolute Gasteiger partial charge is 0.0959 e. The monoisotopic (exact) mass is 292 g/mol. The summed E-state index contributed by atoms with van der Waals surface area (Å²) in [6, 6.07) is 15.2. The maximum absolute atomic E-state index is 5.75. The van der Waals surface area contributed by atoms with E-state index in [9.17, 15) is 0 Å². The number of ether oxygens (including phenoxy) is 1. The predicted octanol–water partition coefficient (Wildman–Crippen LogP) is 4.19. The number of benzene rings is 2. The molecule has 1 saturated heterocycles. The van der Waals surface area contributed by atoms with E-state index in [1.807, 2.05) is 6.33 Å². The fraction of sp³-hybridized carbons (Fsp3) is 0.316. The minimum Gasteiger partial charge on any atom is -0.376 e. The van der Waals surface area contributed by atoms with E-state index >= 15 is 0 Å². The Hall–Kier alpha value is -2.13. The van der Waals surface area contributed by atoms with Crippen LogP contribution in [0, 0.1) is 6.92 Å². The van der Waals surface area contributed by atoms with Gasteiger partial charge in [-0.1, -0.05) is 35.9 Å². The first kappa shape index (κ1) is 13.5. The van der Waals surface area contributed by atoms with Gasteiger partial charge in [0, 0.05) is 6.61 Å². The number of hydrogen-bond donors (Lipinski definition) is 0. The zero-order valence-electron chi connectivity index (χ0n) is 12.8. The summed E-state index contributed by atoms with van der Waals surface area (Å²) in [5.41, 5.74) is 6.01. The normalized spacial score (nSPS) is 18.1. The largest absolute Gasteiger partial charge is 0.376 e. The lowest BCUT2D eigenvalue weighted by atomic mass is 10.0. The highest BCUT2D eigenvalue weighted by molar-refractivity contribution is 5.82. The third-order valence-electron chi connectivity index (χ3n) is 4.43. The van der Waals surface area contributed by atoms with Crippen molar-refractivity contribution in [1.29, 1.82) is 0 Å². The van der Waals surface area contributed by atoms with Crippen molar-refractivity contribution >= 4 is 11.0 Å². The molecule has 0 saturated carbocycles. The van der Waals surface area contributed by atoms with Crippen LogP contribution in [0.5, 0.6) is 0 Å². The fourth-order valence-electron chi connectivity index (χ4n) is 3.14. The maximum atomic E-state index is 5.75. The third-order valence-corrected chi connectivity index (χ3v) is 4.43. The average molecular weight is 292 g/mol. The van der Waals surface area contributed by atoms with Crippen molar-refractivity contribution in [2.75, 3.05) is 6.61 Å². The number of rotatable bonds is 3. The van der Waals surface area contributed by atoms with E-state index in [0.717, 1.165) is 25.1 Å². The molecule has 1 aliphatic heterocycles. The third kappa shape index (κ3) is 2.53. The van der Waals surface area contributed by atoms with E-state index in [1.54, 1.807) is 0 Å². The number of nitrogens with zero attached hydrogens (tertiary/aromatic N) is 2. The Kier molecular flexibility index (Phi) is 3.43. The molecule has 2 aromatic carbocycles. The number of fused-ring (bicyclic) bond motifs is 1. The lowest BCUT2D eigenvalue weighted by Gasteiger charge is -2.11. The predicted molar refractivity (Wildman–Crippen MR) is 88.9 cm³/mol. The summed E-state index contributed by atoms with van der Waals surface area (Å²) in [5.74, 6) is 0. The SMILES string of the molecule is Cc1ccc(-c2ccc3ncn(CC4CCCO4)c3c2)cc1. The lowest BCUT2D eigenvalue weighted by molar-refractivity contribution is 0.0979. The second-order valence-corrected chi connectivity index (χ2v) is 6.10. The second kappa shape index (κ2) is 5.58. The molecule has 3 aromatic rings. The van der Waals surface area contributed by atoms with Crippen LogP contribution in [-0.4, -0.2) is 22.3 Å². The fourth-order valence-corrected chi connectivity index (χ4v) is 3.14. The Labute approximate surface area is 130 Å². The molecule has 0 bridgehead atoms. The van der Waals surface area contributed by atoms with Crippen molar-refractivity contribution < 1.29 is 4.74 Å². The summed E-state index contributed by atoms with van der Waals surface area (Å²) in [5, 5.41) is 0. The highest BCUT2D eigenvalue weighted by atomic mass is 16.5. The van der Waals surface area contributed by atoms with Crippen molar-refractivity contribution in [3.63, 3.8) is 0 Å². The summed E-state index contributed by atoms with van der Waals surface area (Å²) in [4.78, 5) is 4.52. The number of aryl methyl sites for hydroxylation is 1. The first-order valence-electron chi connectivity index (χ1n) is 7.93. The van der Waals surface area contributed by atoms with Gasteiger partial charge in [0.1, 0.15) is 0 Å². The zero-order chi connectivity index (χ0) is 14.9. The van der Waals surface area contributed by atoms with Crippen LogP contribution in [0.1, 0.15) is 18.4 Å². The molecule has 4 rings (SSSR count). The molecular weight excluding hydrogens is 272 g/mol. The Morgan fingerprint density at radius 3 is 2.73 bits per heavy atom. The molecule has 1 atom stereocenters. The highest BCUT2D eigenvalue weighted by Crippen LogP contribution is 2.25. The average Bonchev–Trinajstić information content (AvgIpc) is 3.18. The van der Waals surface area contributed by atoms with Crippen LogP contribution in [0.4, 0.5) is 0 Å². The van der Waals surface area contributed by atoms with Gasteiger partial charge in [-0.2, -0.15) is 0 Å². The summed E-state index contributed by atoms with van der Waals surface area (Å²) in [7, 11) is 0. The van der Waals surface area contributed by atoms with Gasteiger partial charge in [0.15, 0.2) is 0 Å². The van der Waals surface area contributed by atoms with Crippen LogP contribution in [0.25, 0.3) is 22.2 Å². The van der Waals surface area contributed by atoms with Crippen LogP contribution >= 0.6 is 0 Å². The van der Waals surface area contributed by atoms with Crippen molar-refractivity contribution in [2.24, 2.45) is 0 Å². The summed E-state index contributed by atoms with van der Waals surface area (Å²) < 4.78 is 7.98. The van der Waals surface area contributed by atoms with Gasteiger partial charge in [0.25, 0.3) is 0 Å². The molecule has 0 radical (unpaired) electrons. The Bertz CT molecular complexity index is 783. The Balaban J connectivity index is 1.70. The number of imidazole rings is 1. The van der Waals surface area contributed by atoms with Crippen LogP contribution in [0.2, 0.25) is 0 Å². The van der Waals surface area contributed by atoms with Crippen molar-refractivity contribution in [2.45, 2.75) is 32.4 Å². The molecule has 0 spiro atoms. The van der Waals surface area contributed by atoms with Crippen molar-refractivity contribution in [3.8, 4) is 11.1 Å². The molecule has 3 heteroatoms. The van der Waals surface area contributed by atoms with Gasteiger partial charge in [0.2, 0.25) is 0 Å². The number of hydrogen-bond acceptors (Lipinski definition) is 2. The van der Waals surface area contributed by atoms with Crippen molar-refractivity contribution in [1.82, 2.24) is 9.55 Å². The molecule has 1 aliphatic rings. The van der Waals surface area contributed by atoms with E-state index in [2.05, 4.69) is 58.9 Å². The van der Waals surface area contributed by atoms with Gasteiger partial charge in [-0.3, -0.25) is 0 Å². The molecule has 0 aliphatic carbocycles. The first-order valence-corrected chi connectivity index (χ1v) is 7.93. The van der Waals surface area contributed by atoms with E-state index in [1.165, 1.54) is 28.6 Å². The summed E-state index contributed by atoms with van der Waals surface area (Å²) >= 11 is 0. The summed E-state index contributed by atoms with van der Waals surface area (Å²) in [6.45, 7) is 3.91. The molecule has 1 fully saturated rings. The van der Waals surface area contributed by atoms with E-state index in [4.69, 9.17) is 4.74 Å². The van der Waals surface area contributed by atoms with Gasteiger partial charge >= 0.3 is 0 Å². The van der Waals surface area contributed by atoms with Crippen LogP contribution in [-0.2, 0) is 11.3 Å². The molecule has 22 heavy (non-hydrogen) atoms. The van der Waals surface area contributed by atoms with Gasteiger partial charge in [-0.15, -0.1) is 0 Å². The van der Waals surface area contributed by atoms with Gasteiger partial charge in [-0.05, 0) is 43.0 Å². The van der Waals surface area contributed by atoms with Crippen molar-refractivity contribution in [3.05, 3.63) is 54.4 Å². The molecule has 1 unspecified atom stereocenters. The van der Waals surface area contributed by atoms with Gasteiger partial charge in [0.05, 0.1) is 30.0 Å². The quantitative estimate of drug-likeness (QED) is 0.723. The first-order chi connectivity index (χ1) is 10.8. The topological polar surface area (TPSA) is 27.1 Å². The highest BCUT2D eigenvalue weighted by Gasteiger charge is 2.17. The van der Waals surface area contributed by atoms with E-state index < -0.39 is 0 Å². The Morgan fingerprint density at radius 1 is 1.14 bits per heavy atom. The minimum absolute atomic E-state index is 0.334. The zero-order valence-corrected chi connectivity index (χ0v) is 12.8. The summed E-state index contributed by atoms with van der Waals surface area (Å²) in [6.07, 6.45) is 4.59. The second-order valence-electron chi connectivity index (χ2n) is 6.10. The maximum Gasteiger partial charge on any atom is 0.0959 e. The molecular formula is C19H20N2O. The van der Waals surface area contributed by atoms with Crippen LogP contribution in [0.15, 0.2) is 48.8 Å². The lowest BCUT2D eigenvalue weighted by Crippen LogP contribution is -2.14. The molecule has 112 valence electrons.